The molecule has 1 aromatic carbocycles. The second-order valence-electron chi connectivity index (χ2n) is 7.83. The van der Waals surface area contributed by atoms with Crippen LogP contribution in [0.15, 0.2) is 41.3 Å². The Balaban J connectivity index is 1.81. The van der Waals surface area contributed by atoms with E-state index >= 15 is 0 Å². The molecule has 0 saturated carbocycles. The minimum absolute atomic E-state index is 0.0153. The van der Waals surface area contributed by atoms with E-state index in [2.05, 4.69) is 24.1 Å². The summed E-state index contributed by atoms with van der Waals surface area (Å²) in [7, 11) is 3.22. The lowest BCUT2D eigenvalue weighted by Crippen LogP contribution is -2.72. The number of hydrogen-bond acceptors (Lipinski definition) is 5. The highest BCUT2D eigenvalue weighted by atomic mass is 16.5. The van der Waals surface area contributed by atoms with E-state index in [-0.39, 0.29) is 35.0 Å². The Labute approximate surface area is 163 Å². The number of piperidine rings is 1. The van der Waals surface area contributed by atoms with Crippen molar-refractivity contribution in [3.63, 3.8) is 0 Å². The van der Waals surface area contributed by atoms with Gasteiger partial charge in [-0.3, -0.25) is 19.3 Å². The lowest BCUT2D eigenvalue weighted by atomic mass is 9.75. The zero-order valence-corrected chi connectivity index (χ0v) is 16.2. The van der Waals surface area contributed by atoms with Crippen molar-refractivity contribution >= 4 is 5.91 Å². The summed E-state index contributed by atoms with van der Waals surface area (Å²) in [5.41, 5.74) is 1.83. The van der Waals surface area contributed by atoms with Gasteiger partial charge in [0.2, 0.25) is 5.43 Å². The highest BCUT2D eigenvalue weighted by molar-refractivity contribution is 5.96. The molecular formula is C21H23N3O4. The molecule has 3 aliphatic heterocycles. The monoisotopic (exact) mass is 381 g/mol. The van der Waals surface area contributed by atoms with Crippen LogP contribution in [0.5, 0.6) is 5.75 Å². The number of aromatic nitrogens is 1. The third kappa shape index (κ3) is 2.02. The van der Waals surface area contributed by atoms with Crippen LogP contribution in [0.4, 0.5) is 0 Å². The van der Waals surface area contributed by atoms with Crippen LogP contribution in [0.1, 0.15) is 41.4 Å². The predicted octanol–water partition coefficient (Wildman–Crippen LogP) is 1.81. The van der Waals surface area contributed by atoms with Gasteiger partial charge in [-0.25, -0.2) is 0 Å². The summed E-state index contributed by atoms with van der Waals surface area (Å²) in [6, 6.07) is 9.75. The summed E-state index contributed by atoms with van der Waals surface area (Å²) in [6.07, 6.45) is 3.18. The van der Waals surface area contributed by atoms with Crippen LogP contribution in [-0.2, 0) is 16.9 Å². The van der Waals surface area contributed by atoms with Crippen molar-refractivity contribution in [2.45, 2.75) is 44.2 Å². The molecule has 7 nitrogen and oxygen atoms in total. The molecule has 1 aromatic heterocycles. The summed E-state index contributed by atoms with van der Waals surface area (Å²) in [4.78, 5) is 27.2. The summed E-state index contributed by atoms with van der Waals surface area (Å²) in [6.45, 7) is 2.75. The fourth-order valence-electron chi connectivity index (χ4n) is 5.14. The van der Waals surface area contributed by atoms with Crippen LogP contribution in [0.2, 0.25) is 0 Å². The average molecular weight is 381 g/mol. The lowest BCUT2D eigenvalue weighted by Gasteiger charge is -2.60. The normalized spacial score (nSPS) is 28.2. The number of pyridine rings is 1. The largest absolute Gasteiger partial charge is 0.491 e. The number of fused-ring (bicyclic) bond motifs is 7. The third-order valence-corrected chi connectivity index (χ3v) is 6.52. The smallest absolute Gasteiger partial charge is 0.277 e. The molecule has 0 radical (unpaired) electrons. The molecule has 4 heterocycles. The van der Waals surface area contributed by atoms with Crippen molar-refractivity contribution in [1.29, 1.82) is 0 Å². The van der Waals surface area contributed by atoms with Crippen LogP contribution < -0.4 is 15.2 Å². The van der Waals surface area contributed by atoms with E-state index in [9.17, 15) is 9.59 Å². The van der Waals surface area contributed by atoms with Gasteiger partial charge in [-0.15, -0.1) is 0 Å². The number of carbonyl (C=O) groups excluding carboxylic acids is 1. The van der Waals surface area contributed by atoms with Gasteiger partial charge in [-0.05, 0) is 30.9 Å². The van der Waals surface area contributed by atoms with E-state index in [0.717, 1.165) is 18.4 Å². The highest BCUT2D eigenvalue weighted by Gasteiger charge is 2.55. The van der Waals surface area contributed by atoms with Crippen LogP contribution >= 0.6 is 0 Å². The summed E-state index contributed by atoms with van der Waals surface area (Å²) in [5.74, 6) is -0.128. The zero-order chi connectivity index (χ0) is 19.6. The molecule has 3 atom stereocenters. The molecular weight excluding hydrogens is 358 g/mol. The van der Waals surface area contributed by atoms with Crippen molar-refractivity contribution in [3.8, 4) is 5.75 Å². The maximum atomic E-state index is 13.1. The average Bonchev–Trinajstić information content (AvgIpc) is 2.71. The molecule has 1 saturated heterocycles. The maximum absolute atomic E-state index is 13.1. The molecule has 5 rings (SSSR count). The van der Waals surface area contributed by atoms with Crippen LogP contribution in [0, 0.1) is 0 Å². The topological polar surface area (TPSA) is 64.0 Å². The Morgan fingerprint density at radius 3 is 2.75 bits per heavy atom. The number of nitrogens with zero attached hydrogens (tertiary/aromatic N) is 3. The second kappa shape index (κ2) is 5.85. The number of benzene rings is 1. The molecule has 0 spiro atoms. The third-order valence-electron chi connectivity index (χ3n) is 6.52. The number of ether oxygens (including phenoxy) is 2. The first-order valence-corrected chi connectivity index (χ1v) is 9.55. The first kappa shape index (κ1) is 17.3. The molecule has 1 amide bonds. The van der Waals surface area contributed by atoms with Crippen molar-refractivity contribution in [2.24, 2.45) is 0 Å². The lowest BCUT2D eigenvalue weighted by molar-refractivity contribution is -0.0760. The number of rotatable bonds is 1. The van der Waals surface area contributed by atoms with Gasteiger partial charge < -0.3 is 14.4 Å². The molecule has 1 fully saturated rings. The molecule has 0 N–H and O–H groups in total. The Morgan fingerprint density at radius 1 is 1.18 bits per heavy atom. The van der Waals surface area contributed by atoms with E-state index in [0.29, 0.717) is 6.61 Å². The standard InChI is InChI=1S/C21H23N3O4/c1-21-14-7-5-4-6-13(14)12-28-16(21)8-9-17-22(2)20(26)18-19(27-3)15(25)10-11-23(18)24(17)21/h4-7,10-11,16-17H,8-9,12H2,1-3H3/t16-,17?,21-/m1/s1. The van der Waals surface area contributed by atoms with Crippen molar-refractivity contribution < 1.29 is 14.3 Å². The first-order chi connectivity index (χ1) is 13.5. The van der Waals surface area contributed by atoms with E-state index < -0.39 is 5.54 Å². The zero-order valence-electron chi connectivity index (χ0n) is 16.2. The minimum Gasteiger partial charge on any atom is -0.491 e. The molecule has 146 valence electrons. The summed E-state index contributed by atoms with van der Waals surface area (Å²) >= 11 is 0. The number of methoxy groups -OCH3 is 1. The molecule has 2 aromatic rings. The Hall–Kier alpha value is -2.80. The van der Waals surface area contributed by atoms with Crippen LogP contribution in [0.25, 0.3) is 0 Å². The molecule has 1 unspecified atom stereocenters. The van der Waals surface area contributed by atoms with Crippen molar-refractivity contribution in [3.05, 3.63) is 63.6 Å². The van der Waals surface area contributed by atoms with Gasteiger partial charge in [0.25, 0.3) is 5.91 Å². The number of amides is 1. The summed E-state index contributed by atoms with van der Waals surface area (Å²) < 4.78 is 13.4. The van der Waals surface area contributed by atoms with Gasteiger partial charge in [0.1, 0.15) is 11.7 Å². The number of hydrogen-bond donors (Lipinski definition) is 0. The van der Waals surface area contributed by atoms with E-state index in [1.54, 1.807) is 18.1 Å². The maximum Gasteiger partial charge on any atom is 0.277 e. The second-order valence-corrected chi connectivity index (χ2v) is 7.83. The first-order valence-electron chi connectivity index (χ1n) is 9.55. The van der Waals surface area contributed by atoms with Gasteiger partial charge >= 0.3 is 0 Å². The van der Waals surface area contributed by atoms with E-state index in [1.165, 1.54) is 18.7 Å². The van der Waals surface area contributed by atoms with E-state index in [4.69, 9.17) is 9.47 Å². The van der Waals surface area contributed by atoms with Gasteiger partial charge in [0, 0.05) is 19.3 Å². The van der Waals surface area contributed by atoms with Crippen molar-refractivity contribution in [1.82, 2.24) is 9.58 Å². The van der Waals surface area contributed by atoms with Gasteiger partial charge in [-0.1, -0.05) is 24.3 Å². The fourth-order valence-corrected chi connectivity index (χ4v) is 5.14. The van der Waals surface area contributed by atoms with Gasteiger partial charge in [0.15, 0.2) is 11.4 Å². The number of carbonyl (C=O) groups is 1. The quantitative estimate of drug-likeness (QED) is 0.754. The van der Waals surface area contributed by atoms with E-state index in [1.807, 2.05) is 16.8 Å². The van der Waals surface area contributed by atoms with Crippen LogP contribution in [0.3, 0.4) is 0 Å². The fraction of sp³-hybridized carbons (Fsp3) is 0.429. The molecule has 0 aliphatic carbocycles. The van der Waals surface area contributed by atoms with Gasteiger partial charge in [0.05, 0.1) is 19.8 Å². The van der Waals surface area contributed by atoms with Crippen molar-refractivity contribution in [2.75, 3.05) is 19.2 Å². The SMILES string of the molecule is COc1c2n(ccc1=O)N1C(CC[C@H]3OCc4ccccc4[C@]31C)N(C)C2=O. The molecule has 7 heteroatoms. The van der Waals surface area contributed by atoms with Crippen LogP contribution in [-0.4, -0.2) is 41.9 Å². The highest BCUT2D eigenvalue weighted by Crippen LogP contribution is 2.47. The molecule has 28 heavy (non-hydrogen) atoms. The van der Waals surface area contributed by atoms with Gasteiger partial charge in [-0.2, -0.15) is 0 Å². The predicted molar refractivity (Wildman–Crippen MR) is 103 cm³/mol. The molecule has 3 aliphatic rings. The Kier molecular flexibility index (Phi) is 3.61. The summed E-state index contributed by atoms with van der Waals surface area (Å²) in [5, 5.41) is 2.19. The minimum atomic E-state index is -0.485. The Bertz CT molecular complexity index is 1030. The molecule has 0 bridgehead atoms. The Morgan fingerprint density at radius 2 is 1.96 bits per heavy atom.